The lowest BCUT2D eigenvalue weighted by Gasteiger charge is -2.36. The number of hydrogen-bond donors (Lipinski definition) is 1. The lowest BCUT2D eigenvalue weighted by Crippen LogP contribution is -2.49. The van der Waals surface area contributed by atoms with E-state index in [1.807, 2.05) is 49.4 Å². The molecule has 0 unspecified atom stereocenters. The number of carbonyl (C=O) groups excluding carboxylic acids is 2. The second-order valence-corrected chi connectivity index (χ2v) is 8.64. The fourth-order valence-corrected chi connectivity index (χ4v) is 4.26. The van der Waals surface area contributed by atoms with Gasteiger partial charge in [-0.2, -0.15) is 0 Å². The van der Waals surface area contributed by atoms with Crippen molar-refractivity contribution in [3.05, 3.63) is 93.5 Å². The van der Waals surface area contributed by atoms with E-state index in [-0.39, 0.29) is 11.9 Å². The molecular formula is C25H23Cl2N3O2. The Kier molecular flexibility index (Phi) is 6.68. The molecule has 0 saturated carbocycles. The summed E-state index contributed by atoms with van der Waals surface area (Å²) in [5, 5.41) is 3.97. The van der Waals surface area contributed by atoms with Gasteiger partial charge in [0.25, 0.3) is 5.91 Å². The Morgan fingerprint density at radius 2 is 1.81 bits per heavy atom. The minimum atomic E-state index is -0.317. The Balaban J connectivity index is 1.59. The molecule has 3 aromatic carbocycles. The van der Waals surface area contributed by atoms with Gasteiger partial charge in [-0.05, 0) is 60.9 Å². The molecule has 0 radical (unpaired) electrons. The predicted octanol–water partition coefficient (Wildman–Crippen LogP) is 6.39. The van der Waals surface area contributed by atoms with Crippen LogP contribution < -0.4 is 10.2 Å². The topological polar surface area (TPSA) is 52.6 Å². The highest BCUT2D eigenvalue weighted by molar-refractivity contribution is 6.34. The number of aryl methyl sites for hydroxylation is 1. The van der Waals surface area contributed by atoms with Crippen LogP contribution in [0.3, 0.4) is 0 Å². The van der Waals surface area contributed by atoms with Gasteiger partial charge in [-0.3, -0.25) is 9.69 Å². The fraction of sp³-hybridized carbons (Fsp3) is 0.200. The van der Waals surface area contributed by atoms with Crippen molar-refractivity contribution in [3.63, 3.8) is 0 Å². The third-order valence-electron chi connectivity index (χ3n) is 5.38. The molecule has 1 N–H and O–H groups in total. The van der Waals surface area contributed by atoms with Gasteiger partial charge in [0, 0.05) is 24.7 Å². The largest absolute Gasteiger partial charge is 0.324 e. The second-order valence-electron chi connectivity index (χ2n) is 7.79. The Labute approximate surface area is 197 Å². The van der Waals surface area contributed by atoms with Crippen LogP contribution in [0.15, 0.2) is 66.7 Å². The van der Waals surface area contributed by atoms with E-state index in [1.54, 1.807) is 34.1 Å². The lowest BCUT2D eigenvalue weighted by atomic mass is 10.1. The van der Waals surface area contributed by atoms with Gasteiger partial charge >= 0.3 is 6.03 Å². The molecule has 4 rings (SSSR count). The van der Waals surface area contributed by atoms with Crippen molar-refractivity contribution < 1.29 is 9.59 Å². The first-order chi connectivity index (χ1) is 15.4. The zero-order chi connectivity index (χ0) is 22.7. The van der Waals surface area contributed by atoms with Gasteiger partial charge in [0.05, 0.1) is 22.0 Å². The van der Waals surface area contributed by atoms with Crippen molar-refractivity contribution in [1.82, 2.24) is 4.90 Å². The first kappa shape index (κ1) is 22.2. The third kappa shape index (κ3) is 4.90. The standard InChI is InChI=1S/C25H23Cl2N3O2/c1-17-10-11-23(22(14-17)28-24(31)20-8-2-3-9-21(20)27)30-13-5-12-29(25(30)32)16-18-6-4-7-19(26)15-18/h2-4,6-11,14-15H,5,12-13,16H2,1H3,(H,28,31). The van der Waals surface area contributed by atoms with Gasteiger partial charge in [-0.15, -0.1) is 0 Å². The lowest BCUT2D eigenvalue weighted by molar-refractivity contribution is 0.102. The van der Waals surface area contributed by atoms with Crippen molar-refractivity contribution in [2.45, 2.75) is 19.9 Å². The number of halogens is 2. The number of rotatable bonds is 5. The SMILES string of the molecule is Cc1ccc(N2CCCN(Cc3cccc(Cl)c3)C2=O)c(NC(=O)c2ccccc2Cl)c1. The fourth-order valence-electron chi connectivity index (χ4n) is 3.83. The van der Waals surface area contributed by atoms with E-state index >= 15 is 0 Å². The summed E-state index contributed by atoms with van der Waals surface area (Å²) in [4.78, 5) is 29.7. The van der Waals surface area contributed by atoms with Crippen molar-refractivity contribution >= 4 is 46.5 Å². The zero-order valence-corrected chi connectivity index (χ0v) is 19.2. The van der Waals surface area contributed by atoms with Gasteiger partial charge in [0.1, 0.15) is 0 Å². The molecule has 0 aliphatic carbocycles. The molecule has 0 spiro atoms. The molecule has 0 aromatic heterocycles. The highest BCUT2D eigenvalue weighted by Gasteiger charge is 2.29. The molecule has 0 atom stereocenters. The van der Waals surface area contributed by atoms with E-state index in [0.29, 0.717) is 46.6 Å². The van der Waals surface area contributed by atoms with Gasteiger partial charge in [0.15, 0.2) is 0 Å². The minimum absolute atomic E-state index is 0.103. The quantitative estimate of drug-likeness (QED) is 0.472. The predicted molar refractivity (Wildman–Crippen MR) is 130 cm³/mol. The van der Waals surface area contributed by atoms with Crippen molar-refractivity contribution in [3.8, 4) is 0 Å². The average Bonchev–Trinajstić information content (AvgIpc) is 2.76. The Bertz CT molecular complexity index is 1170. The van der Waals surface area contributed by atoms with E-state index in [9.17, 15) is 9.59 Å². The Morgan fingerprint density at radius 1 is 1.00 bits per heavy atom. The average molecular weight is 468 g/mol. The van der Waals surface area contributed by atoms with E-state index in [4.69, 9.17) is 23.2 Å². The number of urea groups is 1. The molecule has 32 heavy (non-hydrogen) atoms. The van der Waals surface area contributed by atoms with E-state index in [2.05, 4.69) is 5.32 Å². The molecule has 1 fully saturated rings. The number of amides is 3. The summed E-state index contributed by atoms with van der Waals surface area (Å²) in [7, 11) is 0. The van der Waals surface area contributed by atoms with E-state index < -0.39 is 0 Å². The van der Waals surface area contributed by atoms with Crippen LogP contribution in [0.4, 0.5) is 16.2 Å². The summed E-state index contributed by atoms with van der Waals surface area (Å²) in [5.74, 6) is -0.317. The highest BCUT2D eigenvalue weighted by Crippen LogP contribution is 2.31. The summed E-state index contributed by atoms with van der Waals surface area (Å²) in [6.07, 6.45) is 0.818. The van der Waals surface area contributed by atoms with Crippen molar-refractivity contribution in [2.75, 3.05) is 23.3 Å². The van der Waals surface area contributed by atoms with E-state index in [1.165, 1.54) is 0 Å². The number of anilines is 2. The van der Waals surface area contributed by atoms with E-state index in [0.717, 1.165) is 17.5 Å². The van der Waals surface area contributed by atoms with Gasteiger partial charge in [-0.1, -0.05) is 53.5 Å². The maximum atomic E-state index is 13.3. The number of benzene rings is 3. The molecule has 164 valence electrons. The molecule has 0 bridgehead atoms. The molecule has 5 nitrogen and oxygen atoms in total. The van der Waals surface area contributed by atoms with Crippen LogP contribution in [-0.2, 0) is 6.54 Å². The van der Waals surface area contributed by atoms with Crippen LogP contribution in [0.5, 0.6) is 0 Å². The molecule has 3 aromatic rings. The number of carbonyl (C=O) groups is 2. The summed E-state index contributed by atoms with van der Waals surface area (Å²) < 4.78 is 0. The highest BCUT2D eigenvalue weighted by atomic mass is 35.5. The van der Waals surface area contributed by atoms with Crippen molar-refractivity contribution in [1.29, 1.82) is 0 Å². The molecule has 3 amide bonds. The van der Waals surface area contributed by atoms with Gasteiger partial charge in [-0.25, -0.2) is 4.79 Å². The smallest absolute Gasteiger partial charge is 0.320 e. The zero-order valence-electron chi connectivity index (χ0n) is 17.6. The van der Waals surface area contributed by atoms with Crippen LogP contribution in [0, 0.1) is 6.92 Å². The van der Waals surface area contributed by atoms with Crippen LogP contribution in [0.2, 0.25) is 10.0 Å². The van der Waals surface area contributed by atoms with Crippen LogP contribution in [0.1, 0.15) is 27.9 Å². The first-order valence-corrected chi connectivity index (χ1v) is 11.2. The van der Waals surface area contributed by atoms with Gasteiger partial charge in [0.2, 0.25) is 0 Å². The molecule has 1 aliphatic heterocycles. The summed E-state index contributed by atoms with van der Waals surface area (Å²) >= 11 is 12.3. The third-order valence-corrected chi connectivity index (χ3v) is 5.95. The summed E-state index contributed by atoms with van der Waals surface area (Å²) in [5.41, 5.74) is 3.58. The number of nitrogens with one attached hydrogen (secondary N) is 1. The molecular weight excluding hydrogens is 445 g/mol. The number of nitrogens with zero attached hydrogens (tertiary/aromatic N) is 2. The molecule has 1 saturated heterocycles. The normalized spacial score (nSPS) is 13.9. The second kappa shape index (κ2) is 9.63. The summed E-state index contributed by atoms with van der Waals surface area (Å²) in [6, 6.07) is 20.0. The molecule has 1 heterocycles. The number of hydrogen-bond acceptors (Lipinski definition) is 2. The van der Waals surface area contributed by atoms with Crippen molar-refractivity contribution in [2.24, 2.45) is 0 Å². The monoisotopic (exact) mass is 467 g/mol. The van der Waals surface area contributed by atoms with Crippen LogP contribution >= 0.6 is 23.2 Å². The molecule has 1 aliphatic rings. The first-order valence-electron chi connectivity index (χ1n) is 10.4. The van der Waals surface area contributed by atoms with Crippen LogP contribution in [-0.4, -0.2) is 29.9 Å². The Hall–Kier alpha value is -3.02. The Morgan fingerprint density at radius 3 is 2.59 bits per heavy atom. The minimum Gasteiger partial charge on any atom is -0.320 e. The summed E-state index contributed by atoms with van der Waals surface area (Å²) in [6.45, 7) is 3.65. The maximum absolute atomic E-state index is 13.3. The maximum Gasteiger partial charge on any atom is 0.324 e. The molecule has 7 heteroatoms. The van der Waals surface area contributed by atoms with Crippen LogP contribution in [0.25, 0.3) is 0 Å². The van der Waals surface area contributed by atoms with Gasteiger partial charge < -0.3 is 10.2 Å².